The summed E-state index contributed by atoms with van der Waals surface area (Å²) in [6.07, 6.45) is 1.59. The summed E-state index contributed by atoms with van der Waals surface area (Å²) < 4.78 is 5.33. The number of anilines is 1. The first-order chi connectivity index (χ1) is 9.20. The van der Waals surface area contributed by atoms with Crippen LogP contribution in [0.1, 0.15) is 23.0 Å². The topological polar surface area (TPSA) is 64.1 Å². The molecule has 0 aliphatic carbocycles. The molecule has 5 heteroatoms. The fourth-order valence-electron chi connectivity index (χ4n) is 1.61. The van der Waals surface area contributed by atoms with Gasteiger partial charge in [-0.25, -0.2) is 9.97 Å². The lowest BCUT2D eigenvalue weighted by Crippen LogP contribution is -2.15. The normalized spacial score (nSPS) is 10.0. The second kappa shape index (κ2) is 5.95. The molecule has 0 bridgehead atoms. The number of hydrogen-bond acceptors (Lipinski definition) is 4. The molecule has 0 unspecified atom stereocenters. The molecule has 0 aromatic carbocycles. The van der Waals surface area contributed by atoms with E-state index in [1.807, 2.05) is 26.0 Å². The molecule has 0 saturated carbocycles. The maximum absolute atomic E-state index is 12.1. The van der Waals surface area contributed by atoms with Gasteiger partial charge in [-0.05, 0) is 38.1 Å². The molecule has 0 aliphatic heterocycles. The highest BCUT2D eigenvalue weighted by molar-refractivity contribution is 6.05. The predicted octanol–water partition coefficient (Wildman–Crippen LogP) is 2.44. The Hall–Kier alpha value is -2.43. The minimum absolute atomic E-state index is 0.283. The van der Waals surface area contributed by atoms with Crippen molar-refractivity contribution >= 4 is 11.7 Å². The maximum atomic E-state index is 12.1. The monoisotopic (exact) mass is 257 g/mol. The Morgan fingerprint density at radius 2 is 2.16 bits per heavy atom. The molecule has 0 atom stereocenters. The van der Waals surface area contributed by atoms with Gasteiger partial charge in [0, 0.05) is 11.9 Å². The molecule has 1 N–H and O–H groups in total. The number of hydrogen-bond donors (Lipinski definition) is 1. The molecule has 0 aliphatic rings. The Labute approximate surface area is 111 Å². The molecule has 2 heterocycles. The van der Waals surface area contributed by atoms with Crippen molar-refractivity contribution in [3.05, 3.63) is 47.8 Å². The molecule has 0 fully saturated rings. The van der Waals surface area contributed by atoms with Gasteiger partial charge < -0.3 is 10.1 Å². The van der Waals surface area contributed by atoms with E-state index in [4.69, 9.17) is 4.74 Å². The number of rotatable bonds is 4. The molecule has 2 aromatic heterocycles. The Morgan fingerprint density at radius 3 is 2.89 bits per heavy atom. The van der Waals surface area contributed by atoms with E-state index in [0.29, 0.717) is 23.9 Å². The average molecular weight is 257 g/mol. The first-order valence-corrected chi connectivity index (χ1v) is 6.03. The van der Waals surface area contributed by atoms with Crippen molar-refractivity contribution in [2.45, 2.75) is 13.8 Å². The van der Waals surface area contributed by atoms with E-state index in [1.165, 1.54) is 0 Å². The van der Waals surface area contributed by atoms with Gasteiger partial charge in [0.1, 0.15) is 11.4 Å². The van der Waals surface area contributed by atoms with Crippen LogP contribution in [0.2, 0.25) is 0 Å². The van der Waals surface area contributed by atoms with Gasteiger partial charge in [-0.3, -0.25) is 4.79 Å². The molecule has 2 rings (SSSR count). The van der Waals surface area contributed by atoms with Crippen LogP contribution in [0, 0.1) is 6.92 Å². The smallest absolute Gasteiger partial charge is 0.262 e. The largest absolute Gasteiger partial charge is 0.477 e. The highest BCUT2D eigenvalue weighted by Gasteiger charge is 2.13. The van der Waals surface area contributed by atoms with Gasteiger partial charge in [0.05, 0.1) is 6.61 Å². The lowest BCUT2D eigenvalue weighted by molar-refractivity contribution is 0.102. The highest BCUT2D eigenvalue weighted by atomic mass is 16.5. The second-order valence-electron chi connectivity index (χ2n) is 3.91. The van der Waals surface area contributed by atoms with Crippen molar-refractivity contribution < 1.29 is 9.53 Å². The van der Waals surface area contributed by atoms with Crippen LogP contribution >= 0.6 is 0 Å². The molecular weight excluding hydrogens is 242 g/mol. The van der Waals surface area contributed by atoms with Crippen LogP contribution in [0.3, 0.4) is 0 Å². The van der Waals surface area contributed by atoms with E-state index in [-0.39, 0.29) is 5.91 Å². The van der Waals surface area contributed by atoms with E-state index in [9.17, 15) is 4.79 Å². The maximum Gasteiger partial charge on any atom is 0.262 e. The number of carbonyl (C=O) groups is 1. The van der Waals surface area contributed by atoms with Crippen LogP contribution in [0.5, 0.6) is 5.88 Å². The SMILES string of the molecule is CCOc1ncccc1C(=O)Nc1cccc(C)n1. The first-order valence-electron chi connectivity index (χ1n) is 6.03. The zero-order valence-electron chi connectivity index (χ0n) is 10.9. The standard InChI is InChI=1S/C14H15N3O2/c1-3-19-14-11(7-5-9-15-14)13(18)17-12-8-4-6-10(2)16-12/h4-9H,3H2,1-2H3,(H,16,17,18). The molecule has 5 nitrogen and oxygen atoms in total. The fourth-order valence-corrected chi connectivity index (χ4v) is 1.61. The number of aromatic nitrogens is 2. The number of nitrogens with zero attached hydrogens (tertiary/aromatic N) is 2. The lowest BCUT2D eigenvalue weighted by atomic mass is 10.2. The summed E-state index contributed by atoms with van der Waals surface area (Å²) in [6, 6.07) is 8.81. The van der Waals surface area contributed by atoms with Crippen molar-refractivity contribution in [3.8, 4) is 5.88 Å². The molecule has 0 radical (unpaired) electrons. The highest BCUT2D eigenvalue weighted by Crippen LogP contribution is 2.16. The Kier molecular flexibility index (Phi) is 4.07. The van der Waals surface area contributed by atoms with Crippen molar-refractivity contribution in [2.75, 3.05) is 11.9 Å². The van der Waals surface area contributed by atoms with E-state index in [2.05, 4.69) is 15.3 Å². The summed E-state index contributed by atoms with van der Waals surface area (Å²) >= 11 is 0. The van der Waals surface area contributed by atoms with Crippen LogP contribution in [0.4, 0.5) is 5.82 Å². The molecule has 1 amide bonds. The molecule has 0 spiro atoms. The minimum Gasteiger partial charge on any atom is -0.477 e. The van der Waals surface area contributed by atoms with Crippen LogP contribution < -0.4 is 10.1 Å². The molecule has 98 valence electrons. The zero-order chi connectivity index (χ0) is 13.7. The summed E-state index contributed by atoms with van der Waals surface area (Å²) in [5, 5.41) is 2.73. The van der Waals surface area contributed by atoms with Crippen molar-refractivity contribution in [3.63, 3.8) is 0 Å². The average Bonchev–Trinajstić information content (AvgIpc) is 2.39. The third-order valence-corrected chi connectivity index (χ3v) is 2.43. The lowest BCUT2D eigenvalue weighted by Gasteiger charge is -2.09. The van der Waals surface area contributed by atoms with Gasteiger partial charge in [-0.1, -0.05) is 6.07 Å². The van der Waals surface area contributed by atoms with Crippen molar-refractivity contribution in [1.82, 2.24) is 9.97 Å². The third kappa shape index (κ3) is 3.28. The number of carbonyl (C=O) groups excluding carboxylic acids is 1. The fraction of sp³-hybridized carbons (Fsp3) is 0.214. The van der Waals surface area contributed by atoms with Gasteiger partial charge in [0.25, 0.3) is 5.91 Å². The summed E-state index contributed by atoms with van der Waals surface area (Å²) in [6.45, 7) is 4.17. The summed E-state index contributed by atoms with van der Waals surface area (Å²) in [7, 11) is 0. The number of pyridine rings is 2. The molecule has 19 heavy (non-hydrogen) atoms. The van der Waals surface area contributed by atoms with Crippen LogP contribution in [-0.2, 0) is 0 Å². The Balaban J connectivity index is 2.20. The second-order valence-corrected chi connectivity index (χ2v) is 3.91. The summed E-state index contributed by atoms with van der Waals surface area (Å²) in [5.41, 5.74) is 1.24. The minimum atomic E-state index is -0.283. The zero-order valence-corrected chi connectivity index (χ0v) is 10.9. The quantitative estimate of drug-likeness (QED) is 0.913. The van der Waals surface area contributed by atoms with Gasteiger partial charge in [-0.15, -0.1) is 0 Å². The Morgan fingerprint density at radius 1 is 1.32 bits per heavy atom. The van der Waals surface area contributed by atoms with E-state index in [1.54, 1.807) is 24.4 Å². The number of amides is 1. The van der Waals surface area contributed by atoms with Gasteiger partial charge >= 0.3 is 0 Å². The molecule has 0 saturated heterocycles. The van der Waals surface area contributed by atoms with E-state index >= 15 is 0 Å². The summed E-state index contributed by atoms with van der Waals surface area (Å²) in [4.78, 5) is 20.4. The van der Waals surface area contributed by atoms with Crippen LogP contribution in [-0.4, -0.2) is 22.5 Å². The van der Waals surface area contributed by atoms with E-state index < -0.39 is 0 Å². The van der Waals surface area contributed by atoms with Crippen molar-refractivity contribution in [1.29, 1.82) is 0 Å². The molecule has 2 aromatic rings. The van der Waals surface area contributed by atoms with Crippen LogP contribution in [0.15, 0.2) is 36.5 Å². The van der Waals surface area contributed by atoms with Crippen LogP contribution in [0.25, 0.3) is 0 Å². The number of ether oxygens (including phenoxy) is 1. The number of aryl methyl sites for hydroxylation is 1. The predicted molar refractivity (Wildman–Crippen MR) is 72.3 cm³/mol. The Bertz CT molecular complexity index is 584. The van der Waals surface area contributed by atoms with E-state index in [0.717, 1.165) is 5.69 Å². The van der Waals surface area contributed by atoms with Gasteiger partial charge in [0.2, 0.25) is 5.88 Å². The van der Waals surface area contributed by atoms with Gasteiger partial charge in [0.15, 0.2) is 0 Å². The third-order valence-electron chi connectivity index (χ3n) is 2.43. The van der Waals surface area contributed by atoms with Crippen molar-refractivity contribution in [2.24, 2.45) is 0 Å². The van der Waals surface area contributed by atoms with Gasteiger partial charge in [-0.2, -0.15) is 0 Å². The summed E-state index contributed by atoms with van der Waals surface area (Å²) in [5.74, 6) is 0.557. The first kappa shape index (κ1) is 13.0. The number of nitrogens with one attached hydrogen (secondary N) is 1. The molecular formula is C14H15N3O2.